The Morgan fingerprint density at radius 2 is 2.04 bits per heavy atom. The van der Waals surface area contributed by atoms with E-state index in [1.165, 1.54) is 23.5 Å². The molecule has 0 fully saturated rings. The topological polar surface area (TPSA) is 86.5 Å². The minimum Gasteiger partial charge on any atom is -0.462 e. The summed E-state index contributed by atoms with van der Waals surface area (Å²) in [5, 5.41) is 2.44. The summed E-state index contributed by atoms with van der Waals surface area (Å²) in [6.45, 7) is -0.0475. The highest BCUT2D eigenvalue weighted by molar-refractivity contribution is 7.90. The molecule has 2 heterocycles. The number of hydrogen-bond donors (Lipinski definition) is 0. The number of ether oxygens (including phenoxy) is 1. The number of hydrogen-bond acceptors (Lipinski definition) is 7. The molecule has 0 aliphatic heterocycles. The van der Waals surface area contributed by atoms with Crippen LogP contribution >= 0.6 is 11.3 Å². The molecule has 0 saturated heterocycles. The number of sulfone groups is 1. The van der Waals surface area contributed by atoms with Crippen LogP contribution in [0.3, 0.4) is 0 Å². The van der Waals surface area contributed by atoms with Crippen LogP contribution in [0.2, 0.25) is 0 Å². The summed E-state index contributed by atoms with van der Waals surface area (Å²) in [6.07, 6.45) is 2.60. The van der Waals surface area contributed by atoms with E-state index in [0.29, 0.717) is 16.5 Å². The number of esters is 1. The molecule has 0 aliphatic rings. The molecule has 1 aromatic carbocycles. The van der Waals surface area contributed by atoms with Crippen molar-refractivity contribution in [2.75, 3.05) is 6.26 Å². The van der Waals surface area contributed by atoms with Crippen molar-refractivity contribution in [2.45, 2.75) is 11.5 Å². The molecular formula is C16H13NO5S2. The number of carbonyl (C=O) groups is 1. The zero-order chi connectivity index (χ0) is 17.2. The lowest BCUT2D eigenvalue weighted by Gasteiger charge is -2.07. The summed E-state index contributed by atoms with van der Waals surface area (Å²) < 4.78 is 33.9. The van der Waals surface area contributed by atoms with Gasteiger partial charge in [-0.3, -0.25) is 0 Å². The molecule has 0 atom stereocenters. The van der Waals surface area contributed by atoms with Gasteiger partial charge in [-0.2, -0.15) is 0 Å². The highest BCUT2D eigenvalue weighted by Gasteiger charge is 2.19. The lowest BCUT2D eigenvalue weighted by molar-refractivity contribution is 0.0464. The molecule has 124 valence electrons. The van der Waals surface area contributed by atoms with E-state index in [9.17, 15) is 13.2 Å². The zero-order valence-electron chi connectivity index (χ0n) is 12.6. The lowest BCUT2D eigenvalue weighted by Crippen LogP contribution is -2.11. The Labute approximate surface area is 142 Å². The average Bonchev–Trinajstić information content (AvgIpc) is 3.23. The largest absolute Gasteiger partial charge is 0.462 e. The van der Waals surface area contributed by atoms with Crippen molar-refractivity contribution in [2.24, 2.45) is 0 Å². The summed E-state index contributed by atoms with van der Waals surface area (Å²) in [5.74, 6) is -0.0661. The van der Waals surface area contributed by atoms with Gasteiger partial charge in [0.25, 0.3) is 0 Å². The van der Waals surface area contributed by atoms with Gasteiger partial charge in [-0.25, -0.2) is 18.2 Å². The number of furan rings is 1. The number of benzene rings is 1. The van der Waals surface area contributed by atoms with E-state index in [1.807, 2.05) is 0 Å². The Bertz CT molecular complexity index is 958. The molecule has 0 bridgehead atoms. The minimum absolute atomic E-state index is 0.0153. The number of thiazole rings is 1. The fourth-order valence-electron chi connectivity index (χ4n) is 2.06. The number of carbonyl (C=O) groups excluding carboxylic acids is 1. The normalized spacial score (nSPS) is 11.4. The Morgan fingerprint density at radius 1 is 1.25 bits per heavy atom. The third kappa shape index (κ3) is 3.55. The van der Waals surface area contributed by atoms with Crippen LogP contribution in [0.5, 0.6) is 0 Å². The summed E-state index contributed by atoms with van der Waals surface area (Å²) in [7, 11) is -3.51. The maximum atomic E-state index is 12.2. The first-order chi connectivity index (χ1) is 11.4. The molecule has 0 spiro atoms. The molecular weight excluding hydrogens is 350 g/mol. The van der Waals surface area contributed by atoms with Crippen LogP contribution in [0.15, 0.2) is 57.4 Å². The van der Waals surface area contributed by atoms with E-state index in [4.69, 9.17) is 9.15 Å². The smallest absolute Gasteiger partial charge is 0.339 e. The van der Waals surface area contributed by atoms with E-state index in [2.05, 4.69) is 4.98 Å². The first-order valence-corrected chi connectivity index (χ1v) is 9.67. The molecule has 0 radical (unpaired) electrons. The van der Waals surface area contributed by atoms with Gasteiger partial charge in [-0.1, -0.05) is 12.1 Å². The highest BCUT2D eigenvalue weighted by atomic mass is 32.2. The molecule has 0 N–H and O–H groups in total. The second-order valence-electron chi connectivity index (χ2n) is 4.97. The quantitative estimate of drug-likeness (QED) is 0.647. The van der Waals surface area contributed by atoms with E-state index in [0.717, 1.165) is 6.26 Å². The highest BCUT2D eigenvalue weighted by Crippen LogP contribution is 2.24. The second-order valence-corrected chi connectivity index (χ2v) is 7.81. The van der Waals surface area contributed by atoms with Crippen LogP contribution in [0.4, 0.5) is 0 Å². The summed E-state index contributed by atoms with van der Waals surface area (Å²) in [5.41, 5.74) is 0.582. The van der Waals surface area contributed by atoms with E-state index in [1.54, 1.807) is 35.9 Å². The van der Waals surface area contributed by atoms with Gasteiger partial charge in [-0.05, 0) is 24.3 Å². The van der Waals surface area contributed by atoms with Gasteiger partial charge in [0, 0.05) is 11.6 Å². The minimum atomic E-state index is -3.51. The first kappa shape index (κ1) is 16.4. The second kappa shape index (κ2) is 6.58. The van der Waals surface area contributed by atoms with E-state index < -0.39 is 15.8 Å². The van der Waals surface area contributed by atoms with Gasteiger partial charge in [-0.15, -0.1) is 11.3 Å². The Kier molecular flexibility index (Phi) is 4.50. The van der Waals surface area contributed by atoms with E-state index >= 15 is 0 Å². The molecule has 2 aromatic heterocycles. The fourth-order valence-corrected chi connectivity index (χ4v) is 3.71. The first-order valence-electron chi connectivity index (χ1n) is 6.89. The predicted molar refractivity (Wildman–Crippen MR) is 88.5 cm³/mol. The van der Waals surface area contributed by atoms with Crippen molar-refractivity contribution in [1.82, 2.24) is 4.98 Å². The Hall–Kier alpha value is -2.45. The SMILES string of the molecule is CS(=O)(=O)c1ccccc1C(=O)OCc1csc(-c2ccco2)n1. The summed E-state index contributed by atoms with van der Waals surface area (Å²) in [4.78, 5) is 16.5. The molecule has 6 nitrogen and oxygen atoms in total. The van der Waals surface area contributed by atoms with Crippen LogP contribution in [0.1, 0.15) is 16.1 Å². The maximum Gasteiger partial charge on any atom is 0.339 e. The number of aromatic nitrogens is 1. The number of nitrogens with zero attached hydrogens (tertiary/aromatic N) is 1. The fraction of sp³-hybridized carbons (Fsp3) is 0.125. The van der Waals surface area contributed by atoms with Gasteiger partial charge < -0.3 is 9.15 Å². The van der Waals surface area contributed by atoms with Gasteiger partial charge >= 0.3 is 5.97 Å². The zero-order valence-corrected chi connectivity index (χ0v) is 14.3. The number of rotatable bonds is 5. The third-order valence-electron chi connectivity index (χ3n) is 3.14. The van der Waals surface area contributed by atoms with Crippen LogP contribution in [-0.4, -0.2) is 25.6 Å². The van der Waals surface area contributed by atoms with Crippen LogP contribution in [0.25, 0.3) is 10.8 Å². The average molecular weight is 363 g/mol. The molecule has 0 aliphatic carbocycles. The Morgan fingerprint density at radius 3 is 2.75 bits per heavy atom. The molecule has 8 heteroatoms. The van der Waals surface area contributed by atoms with Gasteiger partial charge in [0.05, 0.1) is 22.4 Å². The van der Waals surface area contributed by atoms with Crippen molar-refractivity contribution in [3.63, 3.8) is 0 Å². The van der Waals surface area contributed by atoms with Gasteiger partial charge in [0.15, 0.2) is 20.6 Å². The van der Waals surface area contributed by atoms with Crippen LogP contribution in [0, 0.1) is 0 Å². The van der Waals surface area contributed by atoms with Gasteiger partial charge in [0.2, 0.25) is 0 Å². The Balaban J connectivity index is 1.73. The molecule has 3 aromatic rings. The van der Waals surface area contributed by atoms with E-state index in [-0.39, 0.29) is 17.1 Å². The lowest BCUT2D eigenvalue weighted by atomic mass is 10.2. The van der Waals surface area contributed by atoms with Crippen molar-refractivity contribution >= 4 is 27.1 Å². The molecule has 0 unspecified atom stereocenters. The van der Waals surface area contributed by atoms with Crippen molar-refractivity contribution < 1.29 is 22.4 Å². The molecule has 24 heavy (non-hydrogen) atoms. The standard InChI is InChI=1S/C16H13NO5S2/c1-24(19,20)14-7-3-2-5-12(14)16(18)22-9-11-10-23-15(17-11)13-6-4-8-21-13/h2-8,10H,9H2,1H3. The third-order valence-corrected chi connectivity index (χ3v) is 5.20. The van der Waals surface area contributed by atoms with Crippen molar-refractivity contribution in [3.05, 3.63) is 59.3 Å². The maximum absolute atomic E-state index is 12.2. The monoisotopic (exact) mass is 363 g/mol. The van der Waals surface area contributed by atoms with Crippen molar-refractivity contribution in [3.8, 4) is 10.8 Å². The van der Waals surface area contributed by atoms with Crippen LogP contribution in [-0.2, 0) is 21.2 Å². The summed E-state index contributed by atoms with van der Waals surface area (Å²) in [6, 6.07) is 9.50. The van der Waals surface area contributed by atoms with Crippen molar-refractivity contribution in [1.29, 1.82) is 0 Å². The van der Waals surface area contributed by atoms with Gasteiger partial charge in [0.1, 0.15) is 6.61 Å². The molecule has 0 amide bonds. The molecule has 3 rings (SSSR count). The van der Waals surface area contributed by atoms with Crippen LogP contribution < -0.4 is 0 Å². The predicted octanol–water partition coefficient (Wildman–Crippen LogP) is 3.16. The molecule has 0 saturated carbocycles. The summed E-state index contributed by atoms with van der Waals surface area (Å²) >= 11 is 1.37.